The average Bonchev–Trinajstić information content (AvgIpc) is 1.61. The molecule has 0 fully saturated rings. The summed E-state index contributed by atoms with van der Waals surface area (Å²) in [6.07, 6.45) is 0. The zero-order valence-corrected chi connectivity index (χ0v) is 5.26. The van der Waals surface area contributed by atoms with Gasteiger partial charge in [0, 0.05) is 11.9 Å². The molecule has 0 aliphatic rings. The normalized spacial score (nSPS) is 7.88. The van der Waals surface area contributed by atoms with Crippen molar-refractivity contribution in [2.75, 3.05) is 11.9 Å². The molecule has 3 nitrogen and oxygen atoms in total. The molecule has 44 valence electrons. The van der Waals surface area contributed by atoms with Crippen LogP contribution < -0.4 is 0 Å². The maximum absolute atomic E-state index is 8.00. The van der Waals surface area contributed by atoms with Gasteiger partial charge in [-0.2, -0.15) is 0 Å². The summed E-state index contributed by atoms with van der Waals surface area (Å²) in [6.45, 7) is 0.317. The van der Waals surface area contributed by atoms with Gasteiger partial charge < -0.3 is 14.7 Å². The summed E-state index contributed by atoms with van der Waals surface area (Å²) < 4.78 is 4.26. The fourth-order valence-electron chi connectivity index (χ4n) is 0.150. The van der Waals surface area contributed by atoms with E-state index in [9.17, 15) is 0 Å². The van der Waals surface area contributed by atoms with Crippen molar-refractivity contribution in [1.29, 1.82) is 0 Å². The molecule has 0 saturated heterocycles. The van der Waals surface area contributed by atoms with Crippen LogP contribution in [0.2, 0.25) is 0 Å². The summed E-state index contributed by atoms with van der Waals surface area (Å²) in [5, 5.41) is 16.6. The molecule has 6 heteroatoms. The Morgan fingerprint density at radius 1 is 1.50 bits per heavy atom. The first-order chi connectivity index (χ1) is 3.27. The molecular weight excluding hydrogens is 186 g/mol. The molecule has 0 atom stereocenters. The molecule has 0 unspecified atom stereocenters. The van der Waals surface area contributed by atoms with E-state index in [-0.39, 0.29) is 29.6 Å². The summed E-state index contributed by atoms with van der Waals surface area (Å²) in [5.41, 5.74) is 0. The van der Waals surface area contributed by atoms with Crippen molar-refractivity contribution in [2.45, 2.75) is 0 Å². The van der Waals surface area contributed by atoms with Gasteiger partial charge in [0.2, 0.25) is 0 Å². The second kappa shape index (κ2) is 8.42. The standard InChI is InChI=1S/C2H6BBrO3.Na.H/c4-1-2-7-3(5)6;;/h5-6H,1-2H2;;. The summed E-state index contributed by atoms with van der Waals surface area (Å²) in [5.74, 6) is 0. The molecule has 0 heterocycles. The van der Waals surface area contributed by atoms with E-state index in [1.165, 1.54) is 0 Å². The van der Waals surface area contributed by atoms with Crippen molar-refractivity contribution in [1.82, 2.24) is 0 Å². The molecule has 0 aromatic heterocycles. The van der Waals surface area contributed by atoms with Crippen molar-refractivity contribution in [2.24, 2.45) is 0 Å². The minimum absolute atomic E-state index is 0. The van der Waals surface area contributed by atoms with E-state index in [1.54, 1.807) is 0 Å². The molecule has 8 heavy (non-hydrogen) atoms. The Balaban J connectivity index is 0. The Morgan fingerprint density at radius 3 is 2.12 bits per heavy atom. The van der Waals surface area contributed by atoms with Crippen LogP contribution in [0.5, 0.6) is 0 Å². The third-order valence-electron chi connectivity index (χ3n) is 0.344. The molecule has 0 aliphatic carbocycles. The van der Waals surface area contributed by atoms with E-state index in [1.807, 2.05) is 0 Å². The Labute approximate surface area is 79.0 Å². The second-order valence-corrected chi connectivity index (χ2v) is 1.68. The zero-order chi connectivity index (χ0) is 5.70. The topological polar surface area (TPSA) is 49.7 Å². The molecule has 0 bridgehead atoms. The van der Waals surface area contributed by atoms with Crippen LogP contribution in [-0.4, -0.2) is 58.9 Å². The van der Waals surface area contributed by atoms with Crippen molar-refractivity contribution < 1.29 is 14.7 Å². The summed E-state index contributed by atoms with van der Waals surface area (Å²) >= 11 is 3.03. The molecule has 0 rings (SSSR count). The summed E-state index contributed by atoms with van der Waals surface area (Å²) in [4.78, 5) is 0. The van der Waals surface area contributed by atoms with Crippen LogP contribution in [0, 0.1) is 0 Å². The molecule has 0 aliphatic heterocycles. The Kier molecular flexibility index (Phi) is 12.8. The van der Waals surface area contributed by atoms with Crippen LogP contribution in [0.1, 0.15) is 0 Å². The van der Waals surface area contributed by atoms with Gasteiger partial charge in [-0.05, 0) is 0 Å². The van der Waals surface area contributed by atoms with E-state index in [0.717, 1.165) is 0 Å². The van der Waals surface area contributed by atoms with Gasteiger partial charge in [-0.25, -0.2) is 0 Å². The predicted molar refractivity (Wildman–Crippen MR) is 37.1 cm³/mol. The fourth-order valence-corrected chi connectivity index (χ4v) is 0.337. The quantitative estimate of drug-likeness (QED) is 0.433. The molecule has 0 amide bonds. The molecule has 0 radical (unpaired) electrons. The Hall–Kier alpha value is 1.42. The summed E-state index contributed by atoms with van der Waals surface area (Å²) in [7, 11) is -1.63. The zero-order valence-electron chi connectivity index (χ0n) is 3.67. The molecule has 2 N–H and O–H groups in total. The monoisotopic (exact) mass is 192 g/mol. The first-order valence-corrected chi connectivity index (χ1v) is 2.93. The Morgan fingerprint density at radius 2 is 2.00 bits per heavy atom. The van der Waals surface area contributed by atoms with E-state index < -0.39 is 7.32 Å². The van der Waals surface area contributed by atoms with Crippen LogP contribution in [0.15, 0.2) is 0 Å². The molecule has 0 saturated carbocycles. The van der Waals surface area contributed by atoms with Crippen LogP contribution in [0.25, 0.3) is 0 Å². The van der Waals surface area contributed by atoms with Gasteiger partial charge in [-0.1, -0.05) is 15.9 Å². The van der Waals surface area contributed by atoms with Crippen molar-refractivity contribution in [3.05, 3.63) is 0 Å². The molecule has 0 aromatic rings. The predicted octanol–water partition coefficient (Wildman–Crippen LogP) is -1.28. The fraction of sp³-hybridized carbons (Fsp3) is 1.00. The second-order valence-electron chi connectivity index (χ2n) is 0.886. The SMILES string of the molecule is OB(O)OCCBr.[NaH]. The number of alkyl halides is 1. The van der Waals surface area contributed by atoms with Gasteiger partial charge in [-0.15, -0.1) is 0 Å². The van der Waals surface area contributed by atoms with Crippen LogP contribution >= 0.6 is 15.9 Å². The van der Waals surface area contributed by atoms with E-state index in [2.05, 4.69) is 20.6 Å². The minimum atomic E-state index is -1.63. The first kappa shape index (κ1) is 12.1. The van der Waals surface area contributed by atoms with E-state index >= 15 is 0 Å². The van der Waals surface area contributed by atoms with Gasteiger partial charge in [-0.3, -0.25) is 0 Å². The van der Waals surface area contributed by atoms with Crippen molar-refractivity contribution in [3.63, 3.8) is 0 Å². The van der Waals surface area contributed by atoms with Crippen LogP contribution in [-0.2, 0) is 4.65 Å². The number of halogens is 1. The molecule has 0 spiro atoms. The van der Waals surface area contributed by atoms with Gasteiger partial charge >= 0.3 is 36.9 Å². The van der Waals surface area contributed by atoms with Gasteiger partial charge in [0.05, 0.1) is 0 Å². The maximum atomic E-state index is 8.00. The third-order valence-corrected chi connectivity index (χ3v) is 0.668. The Bertz CT molecular complexity index is 46.3. The van der Waals surface area contributed by atoms with Gasteiger partial charge in [0.1, 0.15) is 0 Å². The number of rotatable bonds is 3. The average molecular weight is 193 g/mol. The van der Waals surface area contributed by atoms with Gasteiger partial charge in [0.15, 0.2) is 0 Å². The van der Waals surface area contributed by atoms with Crippen molar-refractivity contribution >= 4 is 52.8 Å². The number of hydrogen-bond donors (Lipinski definition) is 2. The van der Waals surface area contributed by atoms with Crippen molar-refractivity contribution in [3.8, 4) is 0 Å². The molecular formula is C2H7BBrNaO3. The van der Waals surface area contributed by atoms with Crippen LogP contribution in [0.4, 0.5) is 0 Å². The third kappa shape index (κ3) is 10.4. The van der Waals surface area contributed by atoms with E-state index in [0.29, 0.717) is 11.9 Å². The van der Waals surface area contributed by atoms with Crippen LogP contribution in [0.3, 0.4) is 0 Å². The first-order valence-electron chi connectivity index (χ1n) is 1.81. The summed E-state index contributed by atoms with van der Waals surface area (Å²) in [6, 6.07) is 0. The number of hydrogen-bond acceptors (Lipinski definition) is 3. The van der Waals surface area contributed by atoms with E-state index in [4.69, 9.17) is 10.0 Å². The molecule has 0 aromatic carbocycles. The van der Waals surface area contributed by atoms with Gasteiger partial charge in [0.25, 0.3) is 0 Å².